The highest BCUT2D eigenvalue weighted by Crippen LogP contribution is 2.28. The molecule has 1 heterocycles. The smallest absolute Gasteiger partial charge is 0.231 e. The predicted octanol–water partition coefficient (Wildman–Crippen LogP) is 3.86. The van der Waals surface area contributed by atoms with E-state index in [1.807, 2.05) is 60.7 Å². The van der Waals surface area contributed by atoms with Gasteiger partial charge < -0.3 is 0 Å². The Labute approximate surface area is 129 Å². The first-order valence-corrected chi connectivity index (χ1v) is 9.09. The number of aromatic nitrogens is 2. The second-order valence-corrected chi connectivity index (χ2v) is 6.02. The number of sulfonamides is 1. The van der Waals surface area contributed by atoms with Gasteiger partial charge in [-0.2, -0.15) is 5.10 Å². The van der Waals surface area contributed by atoms with Gasteiger partial charge in [-0.05, 0) is 25.0 Å². The number of fused-ring (bicyclic) bond motifs is 1. The van der Waals surface area contributed by atoms with E-state index in [0.717, 1.165) is 28.3 Å². The van der Waals surface area contributed by atoms with Gasteiger partial charge in [0.25, 0.3) is 0 Å². The number of hydrogen-bond donors (Lipinski definition) is 1. The molecule has 0 aliphatic carbocycles. The molecule has 0 saturated heterocycles. The summed E-state index contributed by atoms with van der Waals surface area (Å²) >= 11 is 0. The number of aryl methyl sites for hydroxylation is 3. The quantitative estimate of drug-likeness (QED) is 0.915. The van der Waals surface area contributed by atoms with Crippen molar-refractivity contribution in [3.05, 3.63) is 23.3 Å². The molecule has 6 heteroatoms. The Bertz CT molecular complexity index is 694. The lowest BCUT2D eigenvalue weighted by atomic mass is 10.1. The van der Waals surface area contributed by atoms with E-state index in [4.69, 9.17) is 0 Å². The molecule has 0 fully saturated rings. The van der Waals surface area contributed by atoms with Crippen LogP contribution in [0.2, 0.25) is 0 Å². The summed E-state index contributed by atoms with van der Waals surface area (Å²) in [4.78, 5) is 0. The van der Waals surface area contributed by atoms with Crippen molar-refractivity contribution in [3.8, 4) is 0 Å². The molecule has 0 bridgehead atoms. The van der Waals surface area contributed by atoms with E-state index < -0.39 is 10.0 Å². The molecule has 2 aromatic rings. The third kappa shape index (κ3) is 4.74. The standard InChI is InChI=1S/C11H15N3O2S.2C2H6.H2/c1-7-5-6-8(2)10-9(7)11(12-14(10)3)13-17(4,15)16;2*1-2;/h5-6H,1-4H3,(H,12,13);2*1-2H3;1H. The van der Waals surface area contributed by atoms with Gasteiger partial charge >= 0.3 is 0 Å². The van der Waals surface area contributed by atoms with Crippen LogP contribution < -0.4 is 4.72 Å². The summed E-state index contributed by atoms with van der Waals surface area (Å²) < 4.78 is 26.7. The molecule has 0 aliphatic rings. The summed E-state index contributed by atoms with van der Waals surface area (Å²) in [5.41, 5.74) is 3.03. The van der Waals surface area contributed by atoms with Crippen LogP contribution in [-0.4, -0.2) is 24.5 Å². The van der Waals surface area contributed by atoms with Crippen LogP contribution in [0.5, 0.6) is 0 Å². The van der Waals surface area contributed by atoms with Gasteiger partial charge in [-0.15, -0.1) is 0 Å². The number of rotatable bonds is 2. The number of nitrogens with zero attached hydrogens (tertiary/aromatic N) is 2. The Morgan fingerprint density at radius 3 is 2.05 bits per heavy atom. The van der Waals surface area contributed by atoms with Crippen molar-refractivity contribution in [1.82, 2.24) is 9.78 Å². The first-order valence-electron chi connectivity index (χ1n) is 7.20. The molecule has 1 aromatic carbocycles. The van der Waals surface area contributed by atoms with Crippen molar-refractivity contribution in [2.75, 3.05) is 11.0 Å². The molecule has 0 spiro atoms. The average Bonchev–Trinajstić information content (AvgIpc) is 2.74. The zero-order chi connectivity index (χ0) is 16.8. The minimum Gasteiger partial charge on any atom is -0.266 e. The fourth-order valence-corrected chi connectivity index (χ4v) is 2.50. The lowest BCUT2D eigenvalue weighted by Crippen LogP contribution is -2.10. The van der Waals surface area contributed by atoms with E-state index in [0.29, 0.717) is 5.82 Å². The molecule has 5 nitrogen and oxygen atoms in total. The van der Waals surface area contributed by atoms with Gasteiger partial charge in [-0.1, -0.05) is 39.8 Å². The van der Waals surface area contributed by atoms with Crippen molar-refractivity contribution in [3.63, 3.8) is 0 Å². The van der Waals surface area contributed by atoms with E-state index in [-0.39, 0.29) is 1.43 Å². The van der Waals surface area contributed by atoms with Crippen molar-refractivity contribution in [1.29, 1.82) is 0 Å². The summed E-state index contributed by atoms with van der Waals surface area (Å²) in [6.45, 7) is 11.9. The van der Waals surface area contributed by atoms with Crippen molar-refractivity contribution < 1.29 is 9.84 Å². The van der Waals surface area contributed by atoms with Crippen molar-refractivity contribution in [2.45, 2.75) is 41.5 Å². The van der Waals surface area contributed by atoms with Crippen LogP contribution in [0.3, 0.4) is 0 Å². The van der Waals surface area contributed by atoms with Gasteiger partial charge in [0, 0.05) is 13.9 Å². The Hall–Kier alpha value is -1.56. The Balaban J connectivity index is 0. The summed E-state index contributed by atoms with van der Waals surface area (Å²) in [6.07, 6.45) is 1.12. The molecule has 0 radical (unpaired) electrons. The Morgan fingerprint density at radius 1 is 1.10 bits per heavy atom. The second kappa shape index (κ2) is 8.02. The summed E-state index contributed by atoms with van der Waals surface area (Å²) in [5.74, 6) is 0.395. The van der Waals surface area contributed by atoms with Crippen LogP contribution in [0.15, 0.2) is 12.1 Å². The van der Waals surface area contributed by atoms with Crippen LogP contribution in [0.4, 0.5) is 5.82 Å². The molecule has 2 rings (SSSR count). The fourth-order valence-electron chi connectivity index (χ4n) is 2.01. The highest BCUT2D eigenvalue weighted by Gasteiger charge is 2.15. The van der Waals surface area contributed by atoms with Gasteiger partial charge in [0.2, 0.25) is 10.0 Å². The van der Waals surface area contributed by atoms with E-state index in [1.165, 1.54) is 0 Å². The number of nitrogens with one attached hydrogen (secondary N) is 1. The lowest BCUT2D eigenvalue weighted by Gasteiger charge is -2.03. The van der Waals surface area contributed by atoms with E-state index in [1.54, 1.807) is 4.68 Å². The molecule has 21 heavy (non-hydrogen) atoms. The van der Waals surface area contributed by atoms with Gasteiger partial charge in [-0.25, -0.2) is 8.42 Å². The van der Waals surface area contributed by atoms with E-state index >= 15 is 0 Å². The zero-order valence-corrected chi connectivity index (χ0v) is 15.1. The summed E-state index contributed by atoms with van der Waals surface area (Å²) in [6, 6.07) is 3.97. The predicted molar refractivity (Wildman–Crippen MR) is 93.5 cm³/mol. The number of anilines is 1. The Morgan fingerprint density at radius 2 is 1.57 bits per heavy atom. The average molecular weight is 315 g/mol. The SMILES string of the molecule is CC.CC.Cc1ccc(C)c2c1c(NS(C)(=O)=O)nn2C.[HH]. The van der Waals surface area contributed by atoms with Crippen LogP contribution in [0, 0.1) is 13.8 Å². The minimum atomic E-state index is -3.31. The second-order valence-electron chi connectivity index (χ2n) is 4.27. The molecule has 0 amide bonds. The fraction of sp³-hybridized carbons (Fsp3) is 0.533. The maximum absolute atomic E-state index is 11.3. The van der Waals surface area contributed by atoms with E-state index in [2.05, 4.69) is 9.82 Å². The van der Waals surface area contributed by atoms with Crippen LogP contribution >= 0.6 is 0 Å². The van der Waals surface area contributed by atoms with Gasteiger partial charge in [0.15, 0.2) is 5.82 Å². The molecule has 0 saturated carbocycles. The monoisotopic (exact) mass is 315 g/mol. The molecular weight excluding hydrogens is 286 g/mol. The molecule has 1 N–H and O–H groups in total. The highest BCUT2D eigenvalue weighted by molar-refractivity contribution is 7.92. The highest BCUT2D eigenvalue weighted by atomic mass is 32.2. The maximum Gasteiger partial charge on any atom is 0.231 e. The molecule has 1 aromatic heterocycles. The number of hydrogen-bond acceptors (Lipinski definition) is 3. The minimum absolute atomic E-state index is 0. The molecule has 122 valence electrons. The first-order chi connectivity index (χ1) is 9.79. The van der Waals surface area contributed by atoms with Crippen molar-refractivity contribution in [2.24, 2.45) is 7.05 Å². The first kappa shape index (κ1) is 19.4. The van der Waals surface area contributed by atoms with Gasteiger partial charge in [-0.3, -0.25) is 9.40 Å². The van der Waals surface area contributed by atoms with Crippen LogP contribution in [0.25, 0.3) is 10.9 Å². The van der Waals surface area contributed by atoms with Gasteiger partial charge in [0.1, 0.15) is 0 Å². The largest absolute Gasteiger partial charge is 0.266 e. The van der Waals surface area contributed by atoms with Crippen LogP contribution in [-0.2, 0) is 17.1 Å². The van der Waals surface area contributed by atoms with E-state index in [9.17, 15) is 8.42 Å². The zero-order valence-electron chi connectivity index (χ0n) is 14.3. The summed E-state index contributed by atoms with van der Waals surface area (Å²) in [5, 5.41) is 5.08. The van der Waals surface area contributed by atoms with Gasteiger partial charge in [0.05, 0.1) is 11.8 Å². The molecular formula is C15H29N3O2S. The summed E-state index contributed by atoms with van der Waals surface area (Å²) in [7, 11) is -1.50. The third-order valence-electron chi connectivity index (χ3n) is 2.68. The van der Waals surface area contributed by atoms with Crippen molar-refractivity contribution >= 4 is 26.7 Å². The third-order valence-corrected chi connectivity index (χ3v) is 3.24. The number of benzene rings is 1. The molecule has 0 aliphatic heterocycles. The normalized spacial score (nSPS) is 10.3. The topological polar surface area (TPSA) is 64.0 Å². The van der Waals surface area contributed by atoms with Crippen LogP contribution in [0.1, 0.15) is 40.2 Å². The maximum atomic E-state index is 11.3. The molecule has 0 unspecified atom stereocenters. The Kier molecular flexibility index (Phi) is 7.43. The molecule has 0 atom stereocenters. The lowest BCUT2D eigenvalue weighted by molar-refractivity contribution is 0.606.